The molecular formula is C24H33N3O5S. The van der Waals surface area contributed by atoms with Crippen LogP contribution in [0.1, 0.15) is 69.3 Å². The van der Waals surface area contributed by atoms with Gasteiger partial charge in [0.25, 0.3) is 5.91 Å². The summed E-state index contributed by atoms with van der Waals surface area (Å²) in [5.74, 6) is -2.48. The number of carboxylic acid groups (broad SMARTS) is 1. The van der Waals surface area contributed by atoms with E-state index in [1.54, 1.807) is 42.6 Å². The molecule has 8 nitrogen and oxygen atoms in total. The normalized spacial score (nSPS) is 22.7. The van der Waals surface area contributed by atoms with Gasteiger partial charge in [-0.2, -0.15) is 0 Å². The predicted octanol–water partition coefficient (Wildman–Crippen LogP) is 2.79. The van der Waals surface area contributed by atoms with Crippen LogP contribution >= 0.6 is 11.8 Å². The second-order valence-corrected chi connectivity index (χ2v) is 11.8. The zero-order valence-electron chi connectivity index (χ0n) is 19.9. The first-order valence-electron chi connectivity index (χ1n) is 11.3. The molecule has 0 saturated carbocycles. The van der Waals surface area contributed by atoms with E-state index in [1.165, 1.54) is 0 Å². The van der Waals surface area contributed by atoms with E-state index in [2.05, 4.69) is 10.6 Å². The minimum absolute atomic E-state index is 0.0831. The fourth-order valence-electron chi connectivity index (χ4n) is 4.53. The number of hydrogen-bond donors (Lipinski definition) is 3. The average molecular weight is 476 g/mol. The number of aliphatic carboxylic acids is 1. The minimum Gasteiger partial charge on any atom is -0.480 e. The summed E-state index contributed by atoms with van der Waals surface area (Å²) in [5, 5.41) is 14.6. The molecule has 0 aliphatic carbocycles. The summed E-state index contributed by atoms with van der Waals surface area (Å²) in [6.45, 7) is 11.1. The molecule has 1 fully saturated rings. The number of fused-ring (bicyclic) bond motifs is 3. The molecule has 0 spiro atoms. The number of hydrogen-bond acceptors (Lipinski definition) is 5. The van der Waals surface area contributed by atoms with Gasteiger partial charge >= 0.3 is 5.97 Å². The Balaban J connectivity index is 1.84. The molecule has 1 aromatic rings. The highest BCUT2D eigenvalue weighted by atomic mass is 32.2. The molecule has 0 unspecified atom stereocenters. The second kappa shape index (κ2) is 9.37. The zero-order chi connectivity index (χ0) is 24.7. The van der Waals surface area contributed by atoms with Gasteiger partial charge in [-0.3, -0.25) is 14.4 Å². The summed E-state index contributed by atoms with van der Waals surface area (Å²) in [4.78, 5) is 52.9. The van der Waals surface area contributed by atoms with Crippen LogP contribution < -0.4 is 10.6 Å². The van der Waals surface area contributed by atoms with Crippen molar-refractivity contribution in [3.8, 4) is 0 Å². The summed E-state index contributed by atoms with van der Waals surface area (Å²) in [5.41, 5.74) is 1.49. The number of thioether (sulfide) groups is 1. The molecule has 2 aliphatic rings. The maximum Gasteiger partial charge on any atom is 0.326 e. The van der Waals surface area contributed by atoms with Crippen molar-refractivity contribution in [3.63, 3.8) is 0 Å². The monoisotopic (exact) mass is 475 g/mol. The maximum absolute atomic E-state index is 13.5. The fourth-order valence-corrected chi connectivity index (χ4v) is 6.11. The number of rotatable bonds is 8. The number of amides is 3. The van der Waals surface area contributed by atoms with Crippen LogP contribution in [0.15, 0.2) is 24.3 Å². The summed E-state index contributed by atoms with van der Waals surface area (Å²) in [6, 6.07) is 4.64. The van der Waals surface area contributed by atoms with E-state index in [1.807, 2.05) is 39.8 Å². The Morgan fingerprint density at radius 1 is 1.12 bits per heavy atom. The molecule has 3 N–H and O–H groups in total. The molecule has 3 rings (SSSR count). The highest BCUT2D eigenvalue weighted by molar-refractivity contribution is 8.01. The van der Waals surface area contributed by atoms with E-state index in [-0.39, 0.29) is 23.1 Å². The van der Waals surface area contributed by atoms with Gasteiger partial charge in [0.05, 0.1) is 0 Å². The van der Waals surface area contributed by atoms with E-state index >= 15 is 0 Å². The van der Waals surface area contributed by atoms with E-state index in [0.717, 1.165) is 5.56 Å². The topological polar surface area (TPSA) is 116 Å². The molecule has 9 heteroatoms. The third kappa shape index (κ3) is 4.88. The van der Waals surface area contributed by atoms with Crippen molar-refractivity contribution in [1.82, 2.24) is 15.5 Å². The van der Waals surface area contributed by atoms with Gasteiger partial charge < -0.3 is 20.6 Å². The molecule has 33 heavy (non-hydrogen) atoms. The second-order valence-electron chi connectivity index (χ2n) is 10.0. The first kappa shape index (κ1) is 25.1. The summed E-state index contributed by atoms with van der Waals surface area (Å²) in [7, 11) is 0. The third-order valence-electron chi connectivity index (χ3n) is 6.12. The van der Waals surface area contributed by atoms with E-state index in [9.17, 15) is 24.3 Å². The molecule has 2 aliphatic heterocycles. The minimum atomic E-state index is -1.12. The molecule has 0 bridgehead atoms. The largest absolute Gasteiger partial charge is 0.480 e. The lowest BCUT2D eigenvalue weighted by atomic mass is 9.97. The number of nitrogens with zero attached hydrogens (tertiary/aromatic N) is 1. The van der Waals surface area contributed by atoms with E-state index in [4.69, 9.17) is 0 Å². The first-order valence-corrected chi connectivity index (χ1v) is 12.2. The molecule has 1 aromatic carbocycles. The van der Waals surface area contributed by atoms with Gasteiger partial charge in [0.15, 0.2) is 0 Å². The quantitative estimate of drug-likeness (QED) is 0.533. The third-order valence-corrected chi connectivity index (χ3v) is 7.65. The van der Waals surface area contributed by atoms with Crippen molar-refractivity contribution >= 4 is 35.5 Å². The molecule has 0 aromatic heterocycles. The smallest absolute Gasteiger partial charge is 0.326 e. The predicted molar refractivity (Wildman–Crippen MR) is 127 cm³/mol. The van der Waals surface area contributed by atoms with Crippen LogP contribution in [0.25, 0.3) is 0 Å². The lowest BCUT2D eigenvalue weighted by Crippen LogP contribution is -2.58. The Bertz CT molecular complexity index is 961. The number of nitrogens with one attached hydrogen (secondary N) is 2. The van der Waals surface area contributed by atoms with Crippen LogP contribution in [0, 0.1) is 11.8 Å². The Morgan fingerprint density at radius 2 is 1.76 bits per heavy atom. The lowest BCUT2D eigenvalue weighted by molar-refractivity contribution is -0.143. The zero-order valence-corrected chi connectivity index (χ0v) is 20.7. The van der Waals surface area contributed by atoms with E-state index in [0.29, 0.717) is 12.0 Å². The van der Waals surface area contributed by atoms with E-state index < -0.39 is 40.7 Å². The fraction of sp³-hybridized carbons (Fsp3) is 0.583. The highest BCUT2D eigenvalue weighted by Gasteiger charge is 2.57. The van der Waals surface area contributed by atoms with Crippen LogP contribution in [0.5, 0.6) is 0 Å². The lowest BCUT2D eigenvalue weighted by Gasteiger charge is -2.32. The van der Waals surface area contributed by atoms with Gasteiger partial charge in [-0.05, 0) is 43.7 Å². The van der Waals surface area contributed by atoms with Crippen LogP contribution in [-0.2, 0) is 14.4 Å². The summed E-state index contributed by atoms with van der Waals surface area (Å²) in [6.07, 6.45) is 0.347. The molecule has 0 radical (unpaired) electrons. The molecular weight excluding hydrogens is 442 g/mol. The molecule has 180 valence electrons. The van der Waals surface area contributed by atoms with Crippen molar-refractivity contribution in [2.75, 3.05) is 0 Å². The Labute approximate surface area is 198 Å². The number of benzene rings is 1. The van der Waals surface area contributed by atoms with Gasteiger partial charge in [-0.1, -0.05) is 45.9 Å². The van der Waals surface area contributed by atoms with Crippen molar-refractivity contribution in [2.24, 2.45) is 11.8 Å². The summed E-state index contributed by atoms with van der Waals surface area (Å²) >= 11 is 1.56. The highest BCUT2D eigenvalue weighted by Crippen LogP contribution is 2.56. The van der Waals surface area contributed by atoms with Crippen molar-refractivity contribution in [3.05, 3.63) is 35.4 Å². The van der Waals surface area contributed by atoms with Gasteiger partial charge in [0.2, 0.25) is 11.8 Å². The molecule has 1 saturated heterocycles. The average Bonchev–Trinajstić information content (AvgIpc) is 3.14. The van der Waals surface area contributed by atoms with Crippen LogP contribution in [0.3, 0.4) is 0 Å². The number of carbonyl (C=O) groups excluding carboxylic acids is 3. The van der Waals surface area contributed by atoms with Crippen LogP contribution in [0.2, 0.25) is 0 Å². The summed E-state index contributed by atoms with van der Waals surface area (Å²) < 4.78 is -0.571. The van der Waals surface area contributed by atoms with Crippen molar-refractivity contribution in [1.29, 1.82) is 0 Å². The molecule has 3 amide bonds. The van der Waals surface area contributed by atoms with Gasteiger partial charge in [-0.15, -0.1) is 11.8 Å². The molecule has 2 heterocycles. The Kier molecular flexibility index (Phi) is 7.12. The van der Waals surface area contributed by atoms with Gasteiger partial charge in [0.1, 0.15) is 23.5 Å². The number of carbonyl (C=O) groups is 4. The van der Waals surface area contributed by atoms with Crippen molar-refractivity contribution < 1.29 is 24.3 Å². The molecule has 4 atom stereocenters. The van der Waals surface area contributed by atoms with Gasteiger partial charge in [-0.25, -0.2) is 4.79 Å². The Morgan fingerprint density at radius 3 is 2.33 bits per heavy atom. The maximum atomic E-state index is 13.5. The van der Waals surface area contributed by atoms with Gasteiger partial charge in [0, 0.05) is 10.3 Å². The van der Waals surface area contributed by atoms with Crippen molar-refractivity contribution in [2.45, 2.75) is 76.2 Å². The van der Waals surface area contributed by atoms with Crippen LogP contribution in [0.4, 0.5) is 0 Å². The first-order chi connectivity index (χ1) is 15.3. The van der Waals surface area contributed by atoms with Crippen LogP contribution in [-0.4, -0.2) is 56.6 Å². The standard InChI is InChI=1S/C24H33N3O5S/c1-12(2)11-16(19(28)26-17(13(3)4)23(31)32)25-20(29)18-24(5,6)33-22-15-10-8-7-9-14(15)21(30)27(18)22/h7-10,12-13,16-18,22H,11H2,1-6H3,(H,25,29)(H,26,28)(H,31,32)/t16-,17-,18+,22+/m0/s1. The Hall–Kier alpha value is -2.55. The SMILES string of the molecule is CC(C)C[C@H](NC(=O)[C@H]1N2C(=O)c3ccccc3[C@H]2SC1(C)C)C(=O)N[C@H](C(=O)O)C(C)C. The number of carboxylic acids is 1.